The lowest BCUT2D eigenvalue weighted by Crippen LogP contribution is -2.30. The lowest BCUT2D eigenvalue weighted by Gasteiger charge is -2.17. The molecule has 0 fully saturated rings. The zero-order valence-electron chi connectivity index (χ0n) is 15.0. The van der Waals surface area contributed by atoms with Gasteiger partial charge in [-0.05, 0) is 63.1 Å². The topological polar surface area (TPSA) is 64.6 Å². The van der Waals surface area contributed by atoms with Gasteiger partial charge in [0.2, 0.25) is 0 Å². The summed E-state index contributed by atoms with van der Waals surface area (Å²) in [5.74, 6) is -0.0249. The van der Waals surface area contributed by atoms with Gasteiger partial charge in [-0.2, -0.15) is 0 Å². The van der Waals surface area contributed by atoms with E-state index in [1.165, 1.54) is 0 Å². The molecule has 0 spiro atoms. The Labute approximate surface area is 148 Å². The third-order valence-corrected chi connectivity index (χ3v) is 3.66. The van der Waals surface area contributed by atoms with E-state index in [1.807, 2.05) is 32.0 Å². The van der Waals surface area contributed by atoms with Crippen molar-refractivity contribution in [2.75, 3.05) is 11.9 Å². The molecule has 0 bridgehead atoms. The number of esters is 1. The zero-order valence-corrected chi connectivity index (χ0v) is 15.0. The normalized spacial score (nSPS) is 11.5. The molecule has 25 heavy (non-hydrogen) atoms. The van der Waals surface area contributed by atoms with Crippen LogP contribution >= 0.6 is 0 Å². The molecule has 1 atom stereocenters. The van der Waals surface area contributed by atoms with E-state index in [2.05, 4.69) is 5.32 Å². The van der Waals surface area contributed by atoms with Crippen molar-refractivity contribution in [1.29, 1.82) is 0 Å². The Hall–Kier alpha value is -2.82. The highest BCUT2D eigenvalue weighted by atomic mass is 16.5. The second kappa shape index (κ2) is 8.33. The van der Waals surface area contributed by atoms with Gasteiger partial charge in [-0.3, -0.25) is 4.79 Å². The third-order valence-electron chi connectivity index (χ3n) is 3.66. The Balaban J connectivity index is 2.05. The van der Waals surface area contributed by atoms with Crippen LogP contribution in [0.1, 0.15) is 35.3 Å². The lowest BCUT2D eigenvalue weighted by molar-refractivity contribution is -0.122. The number of rotatable bonds is 6. The Kier molecular flexibility index (Phi) is 6.17. The maximum absolute atomic E-state index is 12.4. The number of anilines is 1. The first-order chi connectivity index (χ1) is 11.9. The molecule has 0 aliphatic heterocycles. The molecule has 0 aromatic heterocycles. The average molecular weight is 341 g/mol. The quantitative estimate of drug-likeness (QED) is 0.810. The standard InChI is InChI=1S/C20H23NO4/c1-5-24-20(23)16-7-6-8-17(12-16)21-19(22)15(4)25-18-11-13(2)9-10-14(18)3/h6-12,15H,5H2,1-4H3,(H,21,22). The highest BCUT2D eigenvalue weighted by molar-refractivity contribution is 5.96. The number of nitrogens with one attached hydrogen (secondary N) is 1. The summed E-state index contributed by atoms with van der Waals surface area (Å²) in [6.07, 6.45) is -0.674. The zero-order chi connectivity index (χ0) is 18.4. The molecular weight excluding hydrogens is 318 g/mol. The summed E-state index contributed by atoms with van der Waals surface area (Å²) in [6, 6.07) is 12.5. The molecule has 2 aromatic rings. The summed E-state index contributed by atoms with van der Waals surface area (Å²) in [7, 11) is 0. The summed E-state index contributed by atoms with van der Waals surface area (Å²) in [5, 5.41) is 2.76. The summed E-state index contributed by atoms with van der Waals surface area (Å²) >= 11 is 0. The second-order valence-electron chi connectivity index (χ2n) is 5.82. The summed E-state index contributed by atoms with van der Waals surface area (Å²) in [6.45, 7) is 7.64. The minimum Gasteiger partial charge on any atom is -0.481 e. The molecule has 1 unspecified atom stereocenters. The van der Waals surface area contributed by atoms with Crippen LogP contribution in [0.4, 0.5) is 5.69 Å². The average Bonchev–Trinajstić information content (AvgIpc) is 2.58. The number of aryl methyl sites for hydroxylation is 2. The van der Waals surface area contributed by atoms with Crippen molar-refractivity contribution in [2.45, 2.75) is 33.8 Å². The fraction of sp³-hybridized carbons (Fsp3) is 0.300. The van der Waals surface area contributed by atoms with Gasteiger partial charge in [0.25, 0.3) is 5.91 Å². The van der Waals surface area contributed by atoms with Crippen LogP contribution < -0.4 is 10.1 Å². The molecule has 5 nitrogen and oxygen atoms in total. The van der Waals surface area contributed by atoms with Crippen LogP contribution in [-0.2, 0) is 9.53 Å². The summed E-state index contributed by atoms with van der Waals surface area (Å²) in [5.41, 5.74) is 2.94. The molecule has 1 amide bonds. The van der Waals surface area contributed by atoms with Gasteiger partial charge in [-0.15, -0.1) is 0 Å². The van der Waals surface area contributed by atoms with E-state index in [0.29, 0.717) is 23.6 Å². The van der Waals surface area contributed by atoms with Crippen LogP contribution in [0.5, 0.6) is 5.75 Å². The van der Waals surface area contributed by atoms with Gasteiger partial charge in [0.15, 0.2) is 6.10 Å². The Morgan fingerprint density at radius 3 is 2.60 bits per heavy atom. The number of hydrogen-bond donors (Lipinski definition) is 1. The van der Waals surface area contributed by atoms with E-state index in [1.54, 1.807) is 38.1 Å². The number of carbonyl (C=O) groups is 2. The number of hydrogen-bond acceptors (Lipinski definition) is 4. The maximum atomic E-state index is 12.4. The number of carbonyl (C=O) groups excluding carboxylic acids is 2. The largest absolute Gasteiger partial charge is 0.481 e. The van der Waals surface area contributed by atoms with Gasteiger partial charge in [0, 0.05) is 5.69 Å². The Morgan fingerprint density at radius 1 is 1.12 bits per heavy atom. The number of ether oxygens (including phenoxy) is 2. The number of benzene rings is 2. The van der Waals surface area contributed by atoms with Gasteiger partial charge < -0.3 is 14.8 Å². The SMILES string of the molecule is CCOC(=O)c1cccc(NC(=O)C(C)Oc2cc(C)ccc2C)c1. The number of amides is 1. The molecule has 0 saturated heterocycles. The molecule has 0 aliphatic rings. The fourth-order valence-electron chi connectivity index (χ4n) is 2.26. The first kappa shape index (κ1) is 18.5. The molecule has 0 saturated carbocycles. The van der Waals surface area contributed by atoms with Gasteiger partial charge >= 0.3 is 5.97 Å². The summed E-state index contributed by atoms with van der Waals surface area (Å²) in [4.78, 5) is 24.1. The molecule has 2 rings (SSSR count). The van der Waals surface area contributed by atoms with Crippen molar-refractivity contribution in [3.63, 3.8) is 0 Å². The smallest absolute Gasteiger partial charge is 0.338 e. The monoisotopic (exact) mass is 341 g/mol. The van der Waals surface area contributed by atoms with Crippen LogP contribution in [0.15, 0.2) is 42.5 Å². The molecular formula is C20H23NO4. The van der Waals surface area contributed by atoms with E-state index in [0.717, 1.165) is 11.1 Å². The molecule has 1 N–H and O–H groups in total. The molecule has 0 aliphatic carbocycles. The second-order valence-corrected chi connectivity index (χ2v) is 5.82. The van der Waals surface area contributed by atoms with E-state index in [9.17, 15) is 9.59 Å². The van der Waals surface area contributed by atoms with Crippen LogP contribution in [0.3, 0.4) is 0 Å². The predicted molar refractivity (Wildman–Crippen MR) is 97.0 cm³/mol. The molecule has 132 valence electrons. The third kappa shape index (κ3) is 5.08. The van der Waals surface area contributed by atoms with Gasteiger partial charge in [0.1, 0.15) is 5.75 Å². The first-order valence-electron chi connectivity index (χ1n) is 8.22. The molecule has 2 aromatic carbocycles. The van der Waals surface area contributed by atoms with Crippen LogP contribution in [0, 0.1) is 13.8 Å². The van der Waals surface area contributed by atoms with Crippen molar-refractivity contribution < 1.29 is 19.1 Å². The van der Waals surface area contributed by atoms with Crippen molar-refractivity contribution in [2.24, 2.45) is 0 Å². The molecule has 0 radical (unpaired) electrons. The molecule has 5 heteroatoms. The first-order valence-corrected chi connectivity index (χ1v) is 8.22. The van der Waals surface area contributed by atoms with Gasteiger partial charge in [-0.25, -0.2) is 4.79 Å². The predicted octanol–water partition coefficient (Wildman–Crippen LogP) is 3.89. The van der Waals surface area contributed by atoms with E-state index < -0.39 is 12.1 Å². The van der Waals surface area contributed by atoms with Crippen molar-refractivity contribution >= 4 is 17.6 Å². The lowest BCUT2D eigenvalue weighted by atomic mass is 10.1. The van der Waals surface area contributed by atoms with E-state index in [-0.39, 0.29) is 5.91 Å². The van der Waals surface area contributed by atoms with Crippen LogP contribution in [0.2, 0.25) is 0 Å². The van der Waals surface area contributed by atoms with E-state index in [4.69, 9.17) is 9.47 Å². The van der Waals surface area contributed by atoms with E-state index >= 15 is 0 Å². The summed E-state index contributed by atoms with van der Waals surface area (Å²) < 4.78 is 10.7. The molecule has 0 heterocycles. The van der Waals surface area contributed by atoms with Crippen molar-refractivity contribution in [1.82, 2.24) is 0 Å². The van der Waals surface area contributed by atoms with Gasteiger partial charge in [-0.1, -0.05) is 18.2 Å². The highest BCUT2D eigenvalue weighted by Gasteiger charge is 2.17. The van der Waals surface area contributed by atoms with Crippen molar-refractivity contribution in [3.05, 3.63) is 59.2 Å². The highest BCUT2D eigenvalue weighted by Crippen LogP contribution is 2.21. The fourth-order valence-corrected chi connectivity index (χ4v) is 2.26. The minimum atomic E-state index is -0.674. The Morgan fingerprint density at radius 2 is 1.88 bits per heavy atom. The van der Waals surface area contributed by atoms with Crippen molar-refractivity contribution in [3.8, 4) is 5.75 Å². The maximum Gasteiger partial charge on any atom is 0.338 e. The van der Waals surface area contributed by atoms with Crippen LogP contribution in [0.25, 0.3) is 0 Å². The van der Waals surface area contributed by atoms with Crippen LogP contribution in [-0.4, -0.2) is 24.6 Å². The minimum absolute atomic E-state index is 0.290. The Bertz CT molecular complexity index is 770. The van der Waals surface area contributed by atoms with Gasteiger partial charge in [0.05, 0.1) is 12.2 Å².